The Labute approximate surface area is 124 Å². The third kappa shape index (κ3) is 2.21. The third-order valence-corrected chi connectivity index (χ3v) is 5.76. The Morgan fingerprint density at radius 3 is 2.62 bits per heavy atom. The number of nitrogens with zero attached hydrogens (tertiary/aromatic N) is 1. The molecule has 21 heavy (non-hydrogen) atoms. The molecule has 0 bridgehead atoms. The molecular weight excluding hydrogens is 289 g/mol. The second-order valence-electron chi connectivity index (χ2n) is 5.39. The zero-order valence-electron chi connectivity index (χ0n) is 11.9. The minimum Gasteiger partial charge on any atom is -0.263 e. The summed E-state index contributed by atoms with van der Waals surface area (Å²) in [6.07, 6.45) is 0.690. The van der Waals surface area contributed by atoms with Gasteiger partial charge in [0.05, 0.1) is 10.6 Å². The number of hydrogen-bond acceptors (Lipinski definition) is 2. The van der Waals surface area contributed by atoms with Crippen LogP contribution in [-0.2, 0) is 16.4 Å². The van der Waals surface area contributed by atoms with Crippen LogP contribution in [-0.4, -0.2) is 14.5 Å². The maximum Gasteiger partial charge on any atom is 0.264 e. The summed E-state index contributed by atoms with van der Waals surface area (Å²) in [5, 5.41) is 0. The number of rotatable bonds is 2. The summed E-state index contributed by atoms with van der Waals surface area (Å²) in [5.74, 6) is -0.399. The van der Waals surface area contributed by atoms with Gasteiger partial charge in [0.25, 0.3) is 10.0 Å². The molecule has 0 fully saturated rings. The van der Waals surface area contributed by atoms with E-state index < -0.39 is 15.8 Å². The lowest BCUT2D eigenvalue weighted by Gasteiger charge is -2.24. The molecule has 0 saturated carbocycles. The molecule has 0 amide bonds. The van der Waals surface area contributed by atoms with Gasteiger partial charge in [0.1, 0.15) is 5.82 Å². The normalized spacial score (nSPS) is 17.9. The van der Waals surface area contributed by atoms with Crippen molar-refractivity contribution in [3.63, 3.8) is 0 Å². The largest absolute Gasteiger partial charge is 0.264 e. The Bertz CT molecular complexity index is 802. The molecule has 2 aromatic rings. The minimum absolute atomic E-state index is 0.130. The van der Waals surface area contributed by atoms with Crippen molar-refractivity contribution in [3.8, 4) is 0 Å². The molecule has 0 unspecified atom stereocenters. The van der Waals surface area contributed by atoms with Gasteiger partial charge in [-0.15, -0.1) is 0 Å². The Kier molecular flexibility index (Phi) is 3.24. The first-order valence-corrected chi connectivity index (χ1v) is 8.24. The van der Waals surface area contributed by atoms with Gasteiger partial charge in [-0.2, -0.15) is 0 Å². The molecule has 0 spiro atoms. The van der Waals surface area contributed by atoms with Gasteiger partial charge in [-0.1, -0.05) is 18.2 Å². The topological polar surface area (TPSA) is 37.4 Å². The molecule has 3 nitrogen and oxygen atoms in total. The van der Waals surface area contributed by atoms with Crippen LogP contribution in [0.3, 0.4) is 0 Å². The quantitative estimate of drug-likeness (QED) is 0.854. The van der Waals surface area contributed by atoms with Crippen LogP contribution in [0.5, 0.6) is 0 Å². The van der Waals surface area contributed by atoms with E-state index in [1.165, 1.54) is 22.5 Å². The predicted octanol–water partition coefficient (Wildman–Crippen LogP) is 3.27. The highest BCUT2D eigenvalue weighted by Gasteiger charge is 2.35. The lowest BCUT2D eigenvalue weighted by molar-refractivity contribution is 0.582. The van der Waals surface area contributed by atoms with Crippen molar-refractivity contribution in [2.75, 3.05) is 4.31 Å². The van der Waals surface area contributed by atoms with Gasteiger partial charge in [-0.3, -0.25) is 4.31 Å². The van der Waals surface area contributed by atoms with Gasteiger partial charge in [-0.05, 0) is 55.7 Å². The number of hydrogen-bond donors (Lipinski definition) is 0. The minimum atomic E-state index is -3.67. The van der Waals surface area contributed by atoms with Crippen molar-refractivity contribution in [2.24, 2.45) is 0 Å². The lowest BCUT2D eigenvalue weighted by atomic mass is 10.1. The molecule has 1 heterocycles. The van der Waals surface area contributed by atoms with Gasteiger partial charge in [0, 0.05) is 6.04 Å². The van der Waals surface area contributed by atoms with E-state index in [0.29, 0.717) is 17.7 Å². The first-order chi connectivity index (χ1) is 9.91. The van der Waals surface area contributed by atoms with Crippen molar-refractivity contribution in [3.05, 3.63) is 59.4 Å². The fourth-order valence-corrected chi connectivity index (χ4v) is 4.57. The molecule has 1 atom stereocenters. The third-order valence-electron chi connectivity index (χ3n) is 3.83. The van der Waals surface area contributed by atoms with Crippen LogP contribution < -0.4 is 4.31 Å². The van der Waals surface area contributed by atoms with Crippen LogP contribution in [0.4, 0.5) is 10.1 Å². The highest BCUT2D eigenvalue weighted by Crippen LogP contribution is 2.36. The number of benzene rings is 2. The van der Waals surface area contributed by atoms with Crippen LogP contribution in [0.1, 0.15) is 18.1 Å². The van der Waals surface area contributed by atoms with E-state index in [1.807, 2.05) is 31.2 Å². The first kappa shape index (κ1) is 14.1. The predicted molar refractivity (Wildman–Crippen MR) is 80.4 cm³/mol. The van der Waals surface area contributed by atoms with Crippen LogP contribution in [0.2, 0.25) is 0 Å². The molecule has 1 aliphatic rings. The van der Waals surface area contributed by atoms with Crippen molar-refractivity contribution in [2.45, 2.75) is 31.2 Å². The van der Waals surface area contributed by atoms with Crippen molar-refractivity contribution >= 4 is 15.7 Å². The summed E-state index contributed by atoms with van der Waals surface area (Å²) < 4.78 is 40.6. The molecule has 5 heteroatoms. The first-order valence-electron chi connectivity index (χ1n) is 6.80. The number of fused-ring (bicyclic) bond motifs is 1. The van der Waals surface area contributed by atoms with E-state index in [1.54, 1.807) is 6.92 Å². The zero-order chi connectivity index (χ0) is 15.2. The summed E-state index contributed by atoms with van der Waals surface area (Å²) in [6.45, 7) is 3.45. The zero-order valence-corrected chi connectivity index (χ0v) is 12.7. The molecule has 0 N–H and O–H groups in total. The van der Waals surface area contributed by atoms with Crippen molar-refractivity contribution in [1.82, 2.24) is 0 Å². The molecule has 0 saturated heterocycles. The average molecular weight is 305 g/mol. The van der Waals surface area contributed by atoms with Gasteiger partial charge < -0.3 is 0 Å². The second kappa shape index (κ2) is 4.84. The number of aryl methyl sites for hydroxylation is 1. The van der Waals surface area contributed by atoms with Crippen LogP contribution >= 0.6 is 0 Å². The van der Waals surface area contributed by atoms with Gasteiger partial charge in [0.15, 0.2) is 0 Å². The summed E-state index contributed by atoms with van der Waals surface area (Å²) in [6, 6.07) is 11.3. The standard InChI is InChI=1S/C16H16FNO2S/c1-11-9-14(7-8-15(11)17)21(19,20)18-12(2)10-13-5-3-4-6-16(13)18/h3-9,12H,10H2,1-2H3/t12-/m0/s1. The lowest BCUT2D eigenvalue weighted by Crippen LogP contribution is -2.35. The number of sulfonamides is 1. The maximum absolute atomic E-state index is 13.4. The Balaban J connectivity index is 2.12. The van der Waals surface area contributed by atoms with Gasteiger partial charge >= 0.3 is 0 Å². The Morgan fingerprint density at radius 2 is 1.90 bits per heavy atom. The van der Waals surface area contributed by atoms with E-state index in [9.17, 15) is 12.8 Å². The van der Waals surface area contributed by atoms with E-state index in [2.05, 4.69) is 0 Å². The molecule has 110 valence electrons. The molecule has 0 radical (unpaired) electrons. The highest BCUT2D eigenvalue weighted by atomic mass is 32.2. The molecule has 0 aliphatic carbocycles. The second-order valence-corrected chi connectivity index (χ2v) is 7.21. The van der Waals surface area contributed by atoms with Gasteiger partial charge in [0.2, 0.25) is 0 Å². The fraction of sp³-hybridized carbons (Fsp3) is 0.250. The van der Waals surface area contributed by atoms with Crippen molar-refractivity contribution < 1.29 is 12.8 Å². The van der Waals surface area contributed by atoms with E-state index in [4.69, 9.17) is 0 Å². The van der Waals surface area contributed by atoms with Crippen LogP contribution in [0.15, 0.2) is 47.4 Å². The molecular formula is C16H16FNO2S. The van der Waals surface area contributed by atoms with Gasteiger partial charge in [-0.25, -0.2) is 12.8 Å². The molecule has 3 rings (SSSR count). The SMILES string of the molecule is Cc1cc(S(=O)(=O)N2c3ccccc3C[C@@H]2C)ccc1F. The summed E-state index contributed by atoms with van der Waals surface area (Å²) in [5.41, 5.74) is 2.07. The Morgan fingerprint density at radius 1 is 1.19 bits per heavy atom. The van der Waals surface area contributed by atoms with E-state index >= 15 is 0 Å². The van der Waals surface area contributed by atoms with Crippen molar-refractivity contribution in [1.29, 1.82) is 0 Å². The number of halogens is 1. The highest BCUT2D eigenvalue weighted by molar-refractivity contribution is 7.92. The van der Waals surface area contributed by atoms with Crippen LogP contribution in [0.25, 0.3) is 0 Å². The summed E-state index contributed by atoms with van der Waals surface area (Å²) >= 11 is 0. The smallest absolute Gasteiger partial charge is 0.263 e. The fourth-order valence-electron chi connectivity index (χ4n) is 2.79. The molecule has 2 aromatic carbocycles. The maximum atomic E-state index is 13.4. The molecule has 0 aromatic heterocycles. The number of para-hydroxylation sites is 1. The Hall–Kier alpha value is -1.88. The monoisotopic (exact) mass is 305 g/mol. The average Bonchev–Trinajstić information content (AvgIpc) is 2.78. The summed E-state index contributed by atoms with van der Waals surface area (Å²) in [7, 11) is -3.67. The van der Waals surface area contributed by atoms with Crippen LogP contribution in [0, 0.1) is 12.7 Å². The number of anilines is 1. The summed E-state index contributed by atoms with van der Waals surface area (Å²) in [4.78, 5) is 0.130. The molecule has 1 aliphatic heterocycles. The van der Waals surface area contributed by atoms with E-state index in [0.717, 1.165) is 5.56 Å². The van der Waals surface area contributed by atoms with E-state index in [-0.39, 0.29) is 10.9 Å².